The molecule has 1 aromatic heterocycles. The number of hydrogen-bond donors (Lipinski definition) is 1. The van der Waals surface area contributed by atoms with Crippen molar-refractivity contribution in [1.29, 1.82) is 0 Å². The summed E-state index contributed by atoms with van der Waals surface area (Å²) in [6.45, 7) is 3.98. The lowest BCUT2D eigenvalue weighted by molar-refractivity contribution is 0.220. The van der Waals surface area contributed by atoms with Crippen LogP contribution in [0.25, 0.3) is 0 Å². The fraction of sp³-hybridized carbons (Fsp3) is 0.286. The number of aliphatic hydroxyl groups excluding tert-OH is 1. The summed E-state index contributed by atoms with van der Waals surface area (Å²) < 4.78 is 5.27. The van der Waals surface area contributed by atoms with E-state index >= 15 is 0 Å². The van der Waals surface area contributed by atoms with E-state index in [2.05, 4.69) is 0 Å². The van der Waals surface area contributed by atoms with Crippen molar-refractivity contribution in [1.82, 2.24) is 0 Å². The van der Waals surface area contributed by atoms with Crippen LogP contribution < -0.4 is 4.74 Å². The number of rotatable bonds is 3. The first-order chi connectivity index (χ1) is 8.13. The molecule has 1 unspecified atom stereocenters. The zero-order valence-electron chi connectivity index (χ0n) is 10.2. The molecule has 2 rings (SSSR count). The molecule has 0 radical (unpaired) electrons. The lowest BCUT2D eigenvalue weighted by Gasteiger charge is -2.15. The minimum atomic E-state index is -0.550. The summed E-state index contributed by atoms with van der Waals surface area (Å²) >= 11 is 1.60. The van der Waals surface area contributed by atoms with Gasteiger partial charge in [0.2, 0.25) is 0 Å². The molecule has 0 saturated heterocycles. The van der Waals surface area contributed by atoms with Crippen molar-refractivity contribution < 1.29 is 9.84 Å². The number of ether oxygens (including phenoxy) is 1. The maximum absolute atomic E-state index is 10.3. The van der Waals surface area contributed by atoms with Crippen LogP contribution in [0.3, 0.4) is 0 Å². The smallest absolute Gasteiger partial charge is 0.122 e. The standard InChI is InChI=1S/C14H16O2S/c1-9-7-13(16-3)10(2)6-12(9)14(15)11-4-5-17-8-11/h4-8,14-15H,1-3H3. The first-order valence-electron chi connectivity index (χ1n) is 5.48. The highest BCUT2D eigenvalue weighted by atomic mass is 32.1. The summed E-state index contributed by atoms with van der Waals surface area (Å²) in [4.78, 5) is 0. The maximum Gasteiger partial charge on any atom is 0.122 e. The quantitative estimate of drug-likeness (QED) is 0.901. The molecule has 0 bridgehead atoms. The molecule has 3 heteroatoms. The summed E-state index contributed by atoms with van der Waals surface area (Å²) in [7, 11) is 1.66. The molecule has 0 fully saturated rings. The van der Waals surface area contributed by atoms with Gasteiger partial charge >= 0.3 is 0 Å². The average molecular weight is 248 g/mol. The van der Waals surface area contributed by atoms with E-state index in [0.717, 1.165) is 28.0 Å². The average Bonchev–Trinajstić information content (AvgIpc) is 2.84. The molecule has 0 saturated carbocycles. The van der Waals surface area contributed by atoms with E-state index in [4.69, 9.17) is 4.74 Å². The van der Waals surface area contributed by atoms with Crippen LogP contribution >= 0.6 is 11.3 Å². The summed E-state index contributed by atoms with van der Waals surface area (Å²) in [6, 6.07) is 5.92. The molecular weight excluding hydrogens is 232 g/mol. The highest BCUT2D eigenvalue weighted by Gasteiger charge is 2.15. The third-order valence-electron chi connectivity index (χ3n) is 2.94. The van der Waals surface area contributed by atoms with Gasteiger partial charge in [-0.2, -0.15) is 11.3 Å². The van der Waals surface area contributed by atoms with Crippen LogP contribution in [0.5, 0.6) is 5.75 Å². The van der Waals surface area contributed by atoms with Crippen LogP contribution in [0.15, 0.2) is 29.0 Å². The first kappa shape index (κ1) is 12.1. The van der Waals surface area contributed by atoms with Crippen molar-refractivity contribution in [2.45, 2.75) is 20.0 Å². The van der Waals surface area contributed by atoms with Gasteiger partial charge in [0.25, 0.3) is 0 Å². The topological polar surface area (TPSA) is 29.5 Å². The number of methoxy groups -OCH3 is 1. The molecule has 0 aliphatic heterocycles. The van der Waals surface area contributed by atoms with Gasteiger partial charge < -0.3 is 9.84 Å². The summed E-state index contributed by atoms with van der Waals surface area (Å²) in [6.07, 6.45) is -0.550. The molecule has 1 atom stereocenters. The Balaban J connectivity index is 2.42. The van der Waals surface area contributed by atoms with Gasteiger partial charge in [-0.3, -0.25) is 0 Å². The fourth-order valence-corrected chi connectivity index (χ4v) is 2.62. The van der Waals surface area contributed by atoms with Crippen molar-refractivity contribution >= 4 is 11.3 Å². The Morgan fingerprint density at radius 2 is 2.00 bits per heavy atom. The number of benzene rings is 1. The van der Waals surface area contributed by atoms with Crippen molar-refractivity contribution in [2.75, 3.05) is 7.11 Å². The zero-order chi connectivity index (χ0) is 12.4. The third kappa shape index (κ3) is 2.35. The van der Waals surface area contributed by atoms with E-state index in [1.807, 2.05) is 42.8 Å². The molecule has 17 heavy (non-hydrogen) atoms. The van der Waals surface area contributed by atoms with Crippen molar-refractivity contribution in [3.8, 4) is 5.75 Å². The summed E-state index contributed by atoms with van der Waals surface area (Å²) in [5.41, 5.74) is 3.98. The Bertz CT molecular complexity index is 503. The lowest BCUT2D eigenvalue weighted by Crippen LogP contribution is -2.02. The molecular formula is C14H16O2S. The van der Waals surface area contributed by atoms with Crippen molar-refractivity contribution in [2.24, 2.45) is 0 Å². The van der Waals surface area contributed by atoms with E-state index in [9.17, 15) is 5.11 Å². The second-order valence-electron chi connectivity index (χ2n) is 4.14. The number of aryl methyl sites for hydroxylation is 2. The van der Waals surface area contributed by atoms with Gasteiger partial charge in [-0.15, -0.1) is 0 Å². The van der Waals surface area contributed by atoms with Crippen LogP contribution in [-0.4, -0.2) is 12.2 Å². The molecule has 0 amide bonds. The van der Waals surface area contributed by atoms with Crippen LogP contribution in [0.1, 0.15) is 28.4 Å². The van der Waals surface area contributed by atoms with E-state index in [-0.39, 0.29) is 0 Å². The van der Waals surface area contributed by atoms with Crippen LogP contribution in [0, 0.1) is 13.8 Å². The molecule has 2 nitrogen and oxygen atoms in total. The molecule has 1 aromatic carbocycles. The Morgan fingerprint density at radius 1 is 1.24 bits per heavy atom. The minimum absolute atomic E-state index is 0.550. The number of hydrogen-bond acceptors (Lipinski definition) is 3. The van der Waals surface area contributed by atoms with Gasteiger partial charge in [0, 0.05) is 0 Å². The largest absolute Gasteiger partial charge is 0.496 e. The van der Waals surface area contributed by atoms with E-state index in [1.165, 1.54) is 0 Å². The van der Waals surface area contributed by atoms with Crippen LogP contribution in [-0.2, 0) is 0 Å². The van der Waals surface area contributed by atoms with Crippen molar-refractivity contribution in [3.63, 3.8) is 0 Å². The molecule has 1 heterocycles. The molecule has 0 spiro atoms. The molecule has 90 valence electrons. The lowest BCUT2D eigenvalue weighted by atomic mass is 9.97. The second kappa shape index (κ2) is 4.90. The zero-order valence-corrected chi connectivity index (χ0v) is 11.0. The van der Waals surface area contributed by atoms with Crippen molar-refractivity contribution in [3.05, 3.63) is 51.2 Å². The predicted molar refractivity (Wildman–Crippen MR) is 70.8 cm³/mol. The molecule has 1 N–H and O–H groups in total. The van der Waals surface area contributed by atoms with Gasteiger partial charge in [-0.25, -0.2) is 0 Å². The Morgan fingerprint density at radius 3 is 2.59 bits per heavy atom. The summed E-state index contributed by atoms with van der Waals surface area (Å²) in [5, 5.41) is 14.3. The van der Waals surface area contributed by atoms with Gasteiger partial charge in [0.1, 0.15) is 11.9 Å². The van der Waals surface area contributed by atoms with Gasteiger partial charge in [0.15, 0.2) is 0 Å². The normalized spacial score (nSPS) is 12.5. The first-order valence-corrected chi connectivity index (χ1v) is 6.43. The maximum atomic E-state index is 10.3. The number of thiophene rings is 1. The SMILES string of the molecule is COc1cc(C)c(C(O)c2ccsc2)cc1C. The highest BCUT2D eigenvalue weighted by Crippen LogP contribution is 2.30. The molecule has 0 aliphatic rings. The van der Waals surface area contributed by atoms with E-state index < -0.39 is 6.10 Å². The van der Waals surface area contributed by atoms with Crippen LogP contribution in [0.2, 0.25) is 0 Å². The predicted octanol–water partition coefficient (Wildman–Crippen LogP) is 3.46. The molecule has 0 aliphatic carbocycles. The van der Waals surface area contributed by atoms with E-state index in [0.29, 0.717) is 0 Å². The Hall–Kier alpha value is -1.32. The second-order valence-corrected chi connectivity index (χ2v) is 4.92. The number of aliphatic hydroxyl groups is 1. The Labute approximate surface area is 105 Å². The van der Waals surface area contributed by atoms with Gasteiger partial charge in [-0.1, -0.05) is 0 Å². The highest BCUT2D eigenvalue weighted by molar-refractivity contribution is 7.07. The van der Waals surface area contributed by atoms with E-state index in [1.54, 1.807) is 18.4 Å². The minimum Gasteiger partial charge on any atom is -0.496 e. The van der Waals surface area contributed by atoms with Crippen LogP contribution in [0.4, 0.5) is 0 Å². The Kier molecular flexibility index (Phi) is 3.50. The van der Waals surface area contributed by atoms with Gasteiger partial charge in [-0.05, 0) is 65.1 Å². The third-order valence-corrected chi connectivity index (χ3v) is 3.64. The fourth-order valence-electron chi connectivity index (χ4n) is 1.94. The van der Waals surface area contributed by atoms with Gasteiger partial charge in [0.05, 0.1) is 7.11 Å². The molecule has 2 aromatic rings. The summed E-state index contributed by atoms with van der Waals surface area (Å²) in [5.74, 6) is 0.865. The monoisotopic (exact) mass is 248 g/mol.